The Morgan fingerprint density at radius 1 is 1.40 bits per heavy atom. The van der Waals surface area contributed by atoms with Crippen molar-refractivity contribution < 1.29 is 23.1 Å². The Kier molecular flexibility index (Phi) is 5.38. The highest BCUT2D eigenvalue weighted by molar-refractivity contribution is 7.91. The fourth-order valence-corrected chi connectivity index (χ4v) is 3.96. The second-order valence-electron chi connectivity index (χ2n) is 5.64. The van der Waals surface area contributed by atoms with Crippen LogP contribution in [0.1, 0.15) is 26.7 Å². The van der Waals surface area contributed by atoms with Gasteiger partial charge in [-0.1, -0.05) is 13.8 Å². The first kappa shape index (κ1) is 16.7. The summed E-state index contributed by atoms with van der Waals surface area (Å²) >= 11 is 0. The fourth-order valence-electron chi connectivity index (χ4n) is 2.19. The van der Waals surface area contributed by atoms with Crippen LogP contribution in [0.4, 0.5) is 4.79 Å². The molecular weight excluding hydrogens is 284 g/mol. The van der Waals surface area contributed by atoms with E-state index in [0.29, 0.717) is 12.8 Å². The largest absolute Gasteiger partial charge is 0.480 e. The number of sulfone groups is 1. The van der Waals surface area contributed by atoms with E-state index in [1.165, 1.54) is 11.9 Å². The molecule has 1 aliphatic heterocycles. The molecule has 0 aromatic heterocycles. The monoisotopic (exact) mass is 306 g/mol. The summed E-state index contributed by atoms with van der Waals surface area (Å²) in [5, 5.41) is 11.5. The number of hydrogen-bond donors (Lipinski definition) is 2. The van der Waals surface area contributed by atoms with E-state index in [2.05, 4.69) is 5.32 Å². The molecule has 0 aromatic carbocycles. The molecule has 2 atom stereocenters. The molecule has 8 heteroatoms. The lowest BCUT2D eigenvalue weighted by molar-refractivity contribution is -0.139. The van der Waals surface area contributed by atoms with Crippen molar-refractivity contribution in [2.75, 3.05) is 18.6 Å². The van der Waals surface area contributed by atoms with Gasteiger partial charge in [-0.25, -0.2) is 18.0 Å². The van der Waals surface area contributed by atoms with Gasteiger partial charge in [0.2, 0.25) is 0 Å². The first-order valence-corrected chi connectivity index (χ1v) is 8.41. The maximum absolute atomic E-state index is 12.0. The number of nitrogens with one attached hydrogen (secondary N) is 1. The first-order chi connectivity index (χ1) is 9.12. The van der Waals surface area contributed by atoms with Crippen LogP contribution >= 0.6 is 0 Å². The number of hydrogen-bond acceptors (Lipinski definition) is 4. The van der Waals surface area contributed by atoms with Gasteiger partial charge >= 0.3 is 12.0 Å². The van der Waals surface area contributed by atoms with E-state index < -0.39 is 27.9 Å². The number of carbonyl (C=O) groups excluding carboxylic acids is 1. The minimum atomic E-state index is -3.08. The highest BCUT2D eigenvalue weighted by Crippen LogP contribution is 2.16. The predicted molar refractivity (Wildman–Crippen MR) is 74.2 cm³/mol. The fraction of sp³-hybridized carbons (Fsp3) is 0.833. The van der Waals surface area contributed by atoms with Crippen molar-refractivity contribution >= 4 is 21.8 Å². The molecule has 0 spiro atoms. The summed E-state index contributed by atoms with van der Waals surface area (Å²) in [4.78, 5) is 24.4. The van der Waals surface area contributed by atoms with Crippen LogP contribution in [-0.2, 0) is 14.6 Å². The van der Waals surface area contributed by atoms with E-state index in [4.69, 9.17) is 5.11 Å². The van der Waals surface area contributed by atoms with Crippen molar-refractivity contribution in [3.8, 4) is 0 Å². The Morgan fingerprint density at radius 2 is 2.00 bits per heavy atom. The number of aliphatic carboxylic acids is 1. The number of carbonyl (C=O) groups is 2. The zero-order valence-corrected chi connectivity index (χ0v) is 12.8. The molecule has 1 fully saturated rings. The molecule has 0 radical (unpaired) electrons. The van der Waals surface area contributed by atoms with E-state index in [1.807, 2.05) is 13.8 Å². The van der Waals surface area contributed by atoms with Crippen molar-refractivity contribution in [3.63, 3.8) is 0 Å². The van der Waals surface area contributed by atoms with Crippen LogP contribution in [0.15, 0.2) is 0 Å². The Bertz CT molecular complexity index is 474. The van der Waals surface area contributed by atoms with Crippen LogP contribution < -0.4 is 5.32 Å². The molecule has 1 unspecified atom stereocenters. The highest BCUT2D eigenvalue weighted by Gasteiger charge is 2.33. The number of carboxylic acids is 1. The molecule has 1 aliphatic rings. The van der Waals surface area contributed by atoms with Crippen molar-refractivity contribution in [3.05, 3.63) is 0 Å². The highest BCUT2D eigenvalue weighted by atomic mass is 32.2. The first-order valence-electron chi connectivity index (χ1n) is 6.59. The van der Waals surface area contributed by atoms with Gasteiger partial charge in [0.05, 0.1) is 11.5 Å². The lowest BCUT2D eigenvalue weighted by atomic mass is 10.0. The average Bonchev–Trinajstić information content (AvgIpc) is 2.67. The quantitative estimate of drug-likeness (QED) is 0.761. The van der Waals surface area contributed by atoms with Crippen LogP contribution in [0.25, 0.3) is 0 Å². The van der Waals surface area contributed by atoms with Crippen LogP contribution in [-0.4, -0.2) is 61.1 Å². The van der Waals surface area contributed by atoms with Gasteiger partial charge < -0.3 is 15.3 Å². The third kappa shape index (κ3) is 4.66. The van der Waals surface area contributed by atoms with E-state index in [0.717, 1.165) is 0 Å². The topological polar surface area (TPSA) is 104 Å². The summed E-state index contributed by atoms with van der Waals surface area (Å²) in [7, 11) is -1.58. The van der Waals surface area contributed by atoms with E-state index in [-0.39, 0.29) is 23.5 Å². The lowest BCUT2D eigenvalue weighted by Gasteiger charge is -2.26. The van der Waals surface area contributed by atoms with Gasteiger partial charge in [-0.05, 0) is 18.8 Å². The van der Waals surface area contributed by atoms with Crippen molar-refractivity contribution in [1.82, 2.24) is 10.2 Å². The Hall–Kier alpha value is -1.31. The molecule has 1 heterocycles. The van der Waals surface area contributed by atoms with Crippen LogP contribution in [0.3, 0.4) is 0 Å². The maximum atomic E-state index is 12.0. The normalized spacial score (nSPS) is 22.5. The van der Waals surface area contributed by atoms with E-state index in [9.17, 15) is 18.0 Å². The predicted octanol–water partition coefficient (Wildman–Crippen LogP) is 0.314. The van der Waals surface area contributed by atoms with Gasteiger partial charge in [0, 0.05) is 13.1 Å². The Labute approximate surface area is 119 Å². The maximum Gasteiger partial charge on any atom is 0.326 e. The standard InChI is InChI=1S/C12H22N2O5S/c1-8(2)6-10(11(15)16)13-12(17)14(3)9-4-5-20(18,19)7-9/h8-10H,4-7H2,1-3H3,(H,13,17)(H,15,16)/t9?,10-/m0/s1. The summed E-state index contributed by atoms with van der Waals surface area (Å²) in [6, 6.07) is -1.88. The minimum Gasteiger partial charge on any atom is -0.480 e. The molecule has 7 nitrogen and oxygen atoms in total. The molecule has 1 saturated heterocycles. The number of rotatable bonds is 5. The van der Waals surface area contributed by atoms with Crippen molar-refractivity contribution in [1.29, 1.82) is 0 Å². The number of urea groups is 1. The minimum absolute atomic E-state index is 0.0567. The van der Waals surface area contributed by atoms with Gasteiger partial charge in [-0.2, -0.15) is 0 Å². The van der Waals surface area contributed by atoms with Gasteiger partial charge in [-0.3, -0.25) is 0 Å². The van der Waals surface area contributed by atoms with Gasteiger partial charge in [0.15, 0.2) is 9.84 Å². The zero-order chi connectivity index (χ0) is 15.5. The molecule has 116 valence electrons. The second-order valence-corrected chi connectivity index (χ2v) is 7.87. The molecule has 20 heavy (non-hydrogen) atoms. The van der Waals surface area contributed by atoms with E-state index >= 15 is 0 Å². The molecule has 0 bridgehead atoms. The zero-order valence-electron chi connectivity index (χ0n) is 12.0. The van der Waals surface area contributed by atoms with Crippen molar-refractivity contribution in [2.45, 2.75) is 38.8 Å². The van der Waals surface area contributed by atoms with Gasteiger partial charge in [0.25, 0.3) is 0 Å². The SMILES string of the molecule is CC(C)C[C@H](NC(=O)N(C)C1CCS(=O)(=O)C1)C(=O)O. The number of amides is 2. The second kappa shape index (κ2) is 6.43. The van der Waals surface area contributed by atoms with E-state index in [1.54, 1.807) is 0 Å². The summed E-state index contributed by atoms with van der Waals surface area (Å²) in [5.74, 6) is -0.935. The Morgan fingerprint density at radius 3 is 2.40 bits per heavy atom. The number of carboxylic acid groups (broad SMARTS) is 1. The molecule has 2 N–H and O–H groups in total. The third-order valence-electron chi connectivity index (χ3n) is 3.38. The smallest absolute Gasteiger partial charge is 0.326 e. The molecule has 0 aromatic rings. The summed E-state index contributed by atoms with van der Waals surface area (Å²) in [6.07, 6.45) is 0.728. The molecule has 1 rings (SSSR count). The summed E-state index contributed by atoms with van der Waals surface area (Å²) in [6.45, 7) is 3.74. The third-order valence-corrected chi connectivity index (χ3v) is 5.13. The molecule has 0 aliphatic carbocycles. The summed E-state index contributed by atoms with van der Waals surface area (Å²) in [5.41, 5.74) is 0. The Balaban J connectivity index is 2.62. The van der Waals surface area contributed by atoms with Crippen LogP contribution in [0, 0.1) is 5.92 Å². The summed E-state index contributed by atoms with van der Waals surface area (Å²) < 4.78 is 22.8. The lowest BCUT2D eigenvalue weighted by Crippen LogP contribution is -2.50. The average molecular weight is 306 g/mol. The van der Waals surface area contributed by atoms with Crippen LogP contribution in [0.2, 0.25) is 0 Å². The van der Waals surface area contributed by atoms with Gasteiger partial charge in [-0.15, -0.1) is 0 Å². The molecule has 0 saturated carbocycles. The molecule has 2 amide bonds. The molecular formula is C12H22N2O5S. The number of nitrogens with zero attached hydrogens (tertiary/aromatic N) is 1. The van der Waals surface area contributed by atoms with Gasteiger partial charge in [0.1, 0.15) is 6.04 Å². The van der Waals surface area contributed by atoms with Crippen LogP contribution in [0.5, 0.6) is 0 Å². The van der Waals surface area contributed by atoms with Crippen molar-refractivity contribution in [2.24, 2.45) is 5.92 Å².